The summed E-state index contributed by atoms with van der Waals surface area (Å²) in [6.07, 6.45) is 1.59. The normalized spacial score (nSPS) is 16.9. The molecule has 0 radical (unpaired) electrons. The third-order valence-electron chi connectivity index (χ3n) is 4.44. The smallest absolute Gasteiger partial charge is 0.194 e. The van der Waals surface area contributed by atoms with Crippen LogP contribution in [0.4, 0.5) is 0 Å². The maximum Gasteiger partial charge on any atom is 0.194 e. The van der Waals surface area contributed by atoms with Crippen molar-refractivity contribution < 1.29 is 12.9 Å². The van der Waals surface area contributed by atoms with Crippen LogP contribution in [0.2, 0.25) is 0 Å². The fourth-order valence-electron chi connectivity index (χ4n) is 2.67. The maximum absolute atomic E-state index is 12.2. The quantitative estimate of drug-likeness (QED) is 0.351. The third kappa shape index (κ3) is 7.22. The van der Waals surface area contributed by atoms with Crippen LogP contribution < -0.4 is 5.32 Å². The van der Waals surface area contributed by atoms with Crippen LogP contribution in [-0.4, -0.2) is 79.1 Å². The zero-order chi connectivity index (χ0) is 19.2. The maximum atomic E-state index is 12.2. The first-order valence-corrected chi connectivity index (χ1v) is 10.8. The Morgan fingerprint density at radius 1 is 1.30 bits per heavy atom. The molecule has 1 aliphatic heterocycles. The van der Waals surface area contributed by atoms with E-state index in [2.05, 4.69) is 25.3 Å². The van der Waals surface area contributed by atoms with Crippen molar-refractivity contribution in [2.45, 2.75) is 39.0 Å². The minimum absolute atomic E-state index is 0. The Morgan fingerprint density at radius 2 is 1.96 bits per heavy atom. The van der Waals surface area contributed by atoms with Gasteiger partial charge in [-0.3, -0.25) is 9.89 Å². The molecule has 0 bridgehead atoms. The standard InChI is InChI=1S/C17H31N5O3S.HI/c1-5-18-16(19-7-13-26(23,24)17(2,3)4)22-10-8-21(9-11-22)14-15-6-12-25-20-15;/h6,12H,5,7-11,13-14H2,1-4H3,(H,18,19);1H. The first-order chi connectivity index (χ1) is 12.2. The molecular weight excluding hydrogens is 481 g/mol. The van der Waals surface area contributed by atoms with Gasteiger partial charge in [0, 0.05) is 45.3 Å². The molecule has 0 aliphatic carbocycles. The van der Waals surface area contributed by atoms with Crippen molar-refractivity contribution in [1.29, 1.82) is 0 Å². The Balaban J connectivity index is 0.00000364. The lowest BCUT2D eigenvalue weighted by Gasteiger charge is -2.36. The second kappa shape index (κ2) is 10.6. The lowest BCUT2D eigenvalue weighted by Crippen LogP contribution is -2.52. The minimum atomic E-state index is -3.15. The summed E-state index contributed by atoms with van der Waals surface area (Å²) < 4.78 is 28.6. The molecule has 1 saturated heterocycles. The van der Waals surface area contributed by atoms with Gasteiger partial charge in [-0.25, -0.2) is 8.42 Å². The van der Waals surface area contributed by atoms with Crippen molar-refractivity contribution in [2.24, 2.45) is 4.99 Å². The van der Waals surface area contributed by atoms with Crippen molar-refractivity contribution >= 4 is 39.8 Å². The number of sulfone groups is 1. The number of nitrogens with one attached hydrogen (secondary N) is 1. The average Bonchev–Trinajstić information content (AvgIpc) is 3.07. The van der Waals surface area contributed by atoms with Gasteiger partial charge in [0.05, 0.1) is 22.7 Å². The molecule has 1 aliphatic rings. The van der Waals surface area contributed by atoms with Gasteiger partial charge in [0.1, 0.15) is 6.26 Å². The van der Waals surface area contributed by atoms with Crippen LogP contribution in [0, 0.1) is 0 Å². The van der Waals surface area contributed by atoms with E-state index in [-0.39, 0.29) is 36.3 Å². The predicted octanol–water partition coefficient (Wildman–Crippen LogP) is 1.59. The molecule has 1 aromatic heterocycles. The Labute approximate surface area is 179 Å². The number of rotatable bonds is 6. The fourth-order valence-corrected chi connectivity index (χ4v) is 3.61. The van der Waals surface area contributed by atoms with Crippen LogP contribution in [0.3, 0.4) is 0 Å². The van der Waals surface area contributed by atoms with E-state index in [0.717, 1.165) is 50.9 Å². The van der Waals surface area contributed by atoms with Crippen LogP contribution in [0.15, 0.2) is 21.8 Å². The predicted molar refractivity (Wildman–Crippen MR) is 118 cm³/mol. The fraction of sp³-hybridized carbons (Fsp3) is 0.765. The zero-order valence-electron chi connectivity index (χ0n) is 16.6. The molecule has 2 heterocycles. The van der Waals surface area contributed by atoms with Crippen LogP contribution in [-0.2, 0) is 16.4 Å². The van der Waals surface area contributed by atoms with Gasteiger partial charge < -0.3 is 14.7 Å². The molecule has 0 aromatic carbocycles. The topological polar surface area (TPSA) is 91.0 Å². The molecule has 0 amide bonds. The summed E-state index contributed by atoms with van der Waals surface area (Å²) in [5.74, 6) is 0.857. The van der Waals surface area contributed by atoms with Gasteiger partial charge in [-0.05, 0) is 27.7 Å². The highest BCUT2D eigenvalue weighted by molar-refractivity contribution is 14.0. The number of hydrogen-bond acceptors (Lipinski definition) is 6. The molecular formula is C17H32IN5O3S. The lowest BCUT2D eigenvalue weighted by molar-refractivity contribution is 0.169. The molecule has 10 heteroatoms. The van der Waals surface area contributed by atoms with E-state index in [1.54, 1.807) is 27.0 Å². The van der Waals surface area contributed by atoms with Crippen LogP contribution >= 0.6 is 24.0 Å². The summed E-state index contributed by atoms with van der Waals surface area (Å²) in [6.45, 7) is 12.5. The average molecular weight is 513 g/mol. The summed E-state index contributed by atoms with van der Waals surface area (Å²) in [7, 11) is -3.15. The summed E-state index contributed by atoms with van der Waals surface area (Å²) in [5.41, 5.74) is 0.936. The minimum Gasteiger partial charge on any atom is -0.364 e. The van der Waals surface area contributed by atoms with Crippen LogP contribution in [0.5, 0.6) is 0 Å². The molecule has 0 spiro atoms. The van der Waals surface area contributed by atoms with Crippen molar-refractivity contribution in [1.82, 2.24) is 20.3 Å². The van der Waals surface area contributed by atoms with E-state index >= 15 is 0 Å². The molecule has 8 nitrogen and oxygen atoms in total. The Hall–Kier alpha value is -0.880. The van der Waals surface area contributed by atoms with Gasteiger partial charge in [0.2, 0.25) is 0 Å². The Bertz CT molecular complexity index is 678. The molecule has 2 rings (SSSR count). The van der Waals surface area contributed by atoms with Crippen molar-refractivity contribution in [3.63, 3.8) is 0 Å². The van der Waals surface area contributed by atoms with Gasteiger partial charge >= 0.3 is 0 Å². The van der Waals surface area contributed by atoms with Gasteiger partial charge in [-0.2, -0.15) is 0 Å². The van der Waals surface area contributed by atoms with Gasteiger partial charge in [0.25, 0.3) is 0 Å². The summed E-state index contributed by atoms with van der Waals surface area (Å²) in [4.78, 5) is 9.05. The number of aliphatic imine (C=N–C) groups is 1. The first-order valence-electron chi connectivity index (χ1n) is 9.10. The largest absolute Gasteiger partial charge is 0.364 e. The molecule has 0 atom stereocenters. The van der Waals surface area contributed by atoms with Crippen molar-refractivity contribution in [3.8, 4) is 0 Å². The summed E-state index contributed by atoms with van der Waals surface area (Å²) in [5, 5.41) is 7.23. The van der Waals surface area contributed by atoms with E-state index < -0.39 is 14.6 Å². The highest BCUT2D eigenvalue weighted by Crippen LogP contribution is 2.15. The number of nitrogens with zero attached hydrogens (tertiary/aromatic N) is 4. The monoisotopic (exact) mass is 513 g/mol. The summed E-state index contributed by atoms with van der Waals surface area (Å²) in [6, 6.07) is 1.88. The number of piperazine rings is 1. The molecule has 156 valence electrons. The van der Waals surface area contributed by atoms with E-state index in [4.69, 9.17) is 4.52 Å². The second-order valence-corrected chi connectivity index (χ2v) is 10.3. The number of aromatic nitrogens is 1. The molecule has 1 N–H and O–H groups in total. The van der Waals surface area contributed by atoms with E-state index in [1.807, 2.05) is 13.0 Å². The second-order valence-electron chi connectivity index (χ2n) is 7.42. The highest BCUT2D eigenvalue weighted by Gasteiger charge is 2.28. The van der Waals surface area contributed by atoms with E-state index in [9.17, 15) is 8.42 Å². The number of halogens is 1. The molecule has 27 heavy (non-hydrogen) atoms. The SMILES string of the molecule is CCNC(=NCCS(=O)(=O)C(C)(C)C)N1CCN(Cc2ccon2)CC1.I. The number of guanidine groups is 1. The van der Waals surface area contributed by atoms with E-state index in [1.165, 1.54) is 0 Å². The molecule has 0 unspecified atom stereocenters. The number of hydrogen-bond donors (Lipinski definition) is 1. The van der Waals surface area contributed by atoms with Crippen molar-refractivity contribution in [2.75, 3.05) is 45.0 Å². The van der Waals surface area contributed by atoms with Crippen molar-refractivity contribution in [3.05, 3.63) is 18.0 Å². The Morgan fingerprint density at radius 3 is 2.48 bits per heavy atom. The molecule has 1 fully saturated rings. The Kier molecular flexibility index (Phi) is 9.49. The van der Waals surface area contributed by atoms with Gasteiger partial charge in [-0.1, -0.05) is 5.16 Å². The molecule has 0 saturated carbocycles. The lowest BCUT2D eigenvalue weighted by atomic mass is 10.3. The van der Waals surface area contributed by atoms with Crippen LogP contribution in [0.1, 0.15) is 33.4 Å². The summed E-state index contributed by atoms with van der Waals surface area (Å²) >= 11 is 0. The van der Waals surface area contributed by atoms with Gasteiger partial charge in [-0.15, -0.1) is 24.0 Å². The zero-order valence-corrected chi connectivity index (χ0v) is 19.8. The van der Waals surface area contributed by atoms with Crippen LogP contribution in [0.25, 0.3) is 0 Å². The third-order valence-corrected chi connectivity index (χ3v) is 7.02. The molecule has 1 aromatic rings. The first kappa shape index (κ1) is 24.2. The highest BCUT2D eigenvalue weighted by atomic mass is 127. The van der Waals surface area contributed by atoms with Gasteiger partial charge in [0.15, 0.2) is 15.8 Å². The van der Waals surface area contributed by atoms with E-state index in [0.29, 0.717) is 0 Å².